The lowest BCUT2D eigenvalue weighted by molar-refractivity contribution is -0.142. The van der Waals surface area contributed by atoms with E-state index in [1.807, 2.05) is 26.0 Å². The van der Waals surface area contributed by atoms with E-state index in [4.69, 9.17) is 19.9 Å². The Hall–Kier alpha value is -1.92. The second kappa shape index (κ2) is 8.39. The normalized spacial score (nSPS) is 10.3. The molecular weight excluding hydrogens is 274 g/mol. The van der Waals surface area contributed by atoms with Gasteiger partial charge in [-0.05, 0) is 42.7 Å². The molecule has 1 rings (SSSR count). The minimum absolute atomic E-state index is 0.107. The van der Waals surface area contributed by atoms with Crippen molar-refractivity contribution in [3.8, 4) is 5.75 Å². The molecule has 6 nitrogen and oxygen atoms in total. The van der Waals surface area contributed by atoms with Gasteiger partial charge in [0.15, 0.2) is 0 Å². The number of ether oxygens (including phenoxy) is 3. The van der Waals surface area contributed by atoms with Crippen molar-refractivity contribution in [3.63, 3.8) is 0 Å². The Balaban J connectivity index is 2.71. The maximum atomic E-state index is 11.6. The van der Waals surface area contributed by atoms with Crippen molar-refractivity contribution in [1.82, 2.24) is 0 Å². The van der Waals surface area contributed by atoms with Crippen LogP contribution in [0, 0.1) is 13.8 Å². The van der Waals surface area contributed by atoms with Crippen LogP contribution in [0.5, 0.6) is 5.75 Å². The highest BCUT2D eigenvalue weighted by Crippen LogP contribution is 2.25. The summed E-state index contributed by atoms with van der Waals surface area (Å²) in [6.07, 6.45) is 0. The number of carbonyl (C=O) groups excluding carboxylic acids is 2. The van der Waals surface area contributed by atoms with Crippen LogP contribution in [-0.2, 0) is 25.7 Å². The maximum Gasteiger partial charge on any atom is 0.337 e. The molecule has 0 fully saturated rings. The van der Waals surface area contributed by atoms with Crippen molar-refractivity contribution in [1.29, 1.82) is 0 Å². The van der Waals surface area contributed by atoms with Crippen LogP contribution in [0.2, 0.25) is 0 Å². The van der Waals surface area contributed by atoms with Crippen LogP contribution in [0.25, 0.3) is 5.73 Å². The quantitative estimate of drug-likeness (QED) is 0.437. The molecule has 0 amide bonds. The van der Waals surface area contributed by atoms with Crippen LogP contribution in [-0.4, -0.2) is 31.7 Å². The highest BCUT2D eigenvalue weighted by Gasteiger charge is 2.12. The summed E-state index contributed by atoms with van der Waals surface area (Å²) in [5.74, 6) is -0.351. The Morgan fingerprint density at radius 1 is 1.19 bits per heavy atom. The van der Waals surface area contributed by atoms with Gasteiger partial charge in [0.25, 0.3) is 0 Å². The molecule has 0 aliphatic carbocycles. The molecule has 0 saturated heterocycles. The first-order valence-electron chi connectivity index (χ1n) is 6.60. The monoisotopic (exact) mass is 294 g/mol. The van der Waals surface area contributed by atoms with E-state index in [-0.39, 0.29) is 32.3 Å². The lowest BCUT2D eigenvalue weighted by Crippen LogP contribution is -2.17. The van der Waals surface area contributed by atoms with Crippen molar-refractivity contribution in [2.24, 2.45) is 0 Å². The maximum absolute atomic E-state index is 11.6. The largest absolute Gasteiger partial charge is 0.676 e. The predicted molar refractivity (Wildman–Crippen MR) is 77.0 cm³/mol. The molecule has 1 aromatic rings. The van der Waals surface area contributed by atoms with E-state index >= 15 is 0 Å². The highest BCUT2D eigenvalue weighted by atomic mass is 16.6. The van der Waals surface area contributed by atoms with Gasteiger partial charge in [0, 0.05) is 13.5 Å². The van der Waals surface area contributed by atoms with Gasteiger partial charge in [0.05, 0.1) is 0 Å². The lowest BCUT2D eigenvalue weighted by Gasteiger charge is -2.13. The SMILES string of the molecule is CC(=O)OCc1cc(C)c(OC(=O)COCC[NH-])c(C)c1. The van der Waals surface area contributed by atoms with Crippen LogP contribution in [0.4, 0.5) is 0 Å². The Labute approximate surface area is 124 Å². The molecule has 116 valence electrons. The number of hydrogen-bond acceptors (Lipinski definition) is 5. The van der Waals surface area contributed by atoms with Crippen molar-refractivity contribution in [3.05, 3.63) is 34.6 Å². The van der Waals surface area contributed by atoms with Gasteiger partial charge in [-0.3, -0.25) is 4.79 Å². The summed E-state index contributed by atoms with van der Waals surface area (Å²) in [7, 11) is 0. The summed E-state index contributed by atoms with van der Waals surface area (Å²) in [6, 6.07) is 3.62. The average Bonchev–Trinajstić information content (AvgIpc) is 2.41. The summed E-state index contributed by atoms with van der Waals surface area (Å²) < 4.78 is 15.2. The third-order valence-corrected chi connectivity index (χ3v) is 2.64. The number of benzene rings is 1. The van der Waals surface area contributed by atoms with Crippen molar-refractivity contribution in [2.45, 2.75) is 27.4 Å². The van der Waals surface area contributed by atoms with Crippen LogP contribution < -0.4 is 4.74 Å². The first kappa shape index (κ1) is 17.1. The number of esters is 2. The molecule has 1 N–H and O–H groups in total. The molecule has 0 aliphatic rings. The molecule has 0 aromatic heterocycles. The van der Waals surface area contributed by atoms with E-state index in [0.717, 1.165) is 16.7 Å². The molecule has 21 heavy (non-hydrogen) atoms. The second-order valence-corrected chi connectivity index (χ2v) is 4.62. The summed E-state index contributed by atoms with van der Waals surface area (Å²) >= 11 is 0. The van der Waals surface area contributed by atoms with E-state index < -0.39 is 5.97 Å². The summed E-state index contributed by atoms with van der Waals surface area (Å²) in [5, 5.41) is 0. The number of aryl methyl sites for hydroxylation is 2. The van der Waals surface area contributed by atoms with Gasteiger partial charge in [-0.2, -0.15) is 0 Å². The van der Waals surface area contributed by atoms with Gasteiger partial charge in [-0.15, -0.1) is 6.54 Å². The molecule has 6 heteroatoms. The third kappa shape index (κ3) is 5.93. The Morgan fingerprint density at radius 3 is 2.33 bits per heavy atom. The van der Waals surface area contributed by atoms with Gasteiger partial charge >= 0.3 is 11.9 Å². The van der Waals surface area contributed by atoms with Crippen LogP contribution >= 0.6 is 0 Å². The van der Waals surface area contributed by atoms with Gasteiger partial charge in [0.1, 0.15) is 19.0 Å². The molecule has 0 unspecified atom stereocenters. The van der Waals surface area contributed by atoms with Crippen molar-refractivity contribution < 1.29 is 23.8 Å². The number of rotatable bonds is 7. The van der Waals surface area contributed by atoms with Gasteiger partial charge in [-0.1, -0.05) is 0 Å². The first-order valence-corrected chi connectivity index (χ1v) is 6.60. The molecular formula is C15H20NO5-. The van der Waals surface area contributed by atoms with Gasteiger partial charge < -0.3 is 19.9 Å². The summed E-state index contributed by atoms with van der Waals surface area (Å²) in [4.78, 5) is 22.4. The fraction of sp³-hybridized carbons (Fsp3) is 0.467. The standard InChI is InChI=1S/C15H20NO5/c1-10-6-13(8-20-12(3)17)7-11(2)15(10)21-14(18)9-19-5-4-16/h6-7,16H,4-5,8-9H2,1-3H3/q-1. The second-order valence-electron chi connectivity index (χ2n) is 4.62. The van der Waals surface area contributed by atoms with Crippen LogP contribution in [0.1, 0.15) is 23.6 Å². The molecule has 1 aromatic carbocycles. The zero-order valence-electron chi connectivity index (χ0n) is 12.5. The van der Waals surface area contributed by atoms with E-state index in [1.165, 1.54) is 6.92 Å². The van der Waals surface area contributed by atoms with Gasteiger partial charge in [-0.25, -0.2) is 4.79 Å². The topological polar surface area (TPSA) is 85.6 Å². The Morgan fingerprint density at radius 2 is 1.81 bits per heavy atom. The minimum Gasteiger partial charge on any atom is -0.676 e. The number of carbonyl (C=O) groups is 2. The molecule has 0 bridgehead atoms. The molecule has 0 atom stereocenters. The predicted octanol–water partition coefficient (Wildman–Crippen LogP) is 2.34. The highest BCUT2D eigenvalue weighted by molar-refractivity contribution is 5.74. The summed E-state index contributed by atoms with van der Waals surface area (Å²) in [6.45, 7) is 5.32. The van der Waals surface area contributed by atoms with Crippen molar-refractivity contribution >= 4 is 11.9 Å². The molecule has 0 heterocycles. The van der Waals surface area contributed by atoms with Crippen LogP contribution in [0.15, 0.2) is 12.1 Å². The fourth-order valence-electron chi connectivity index (χ4n) is 1.84. The molecule has 0 radical (unpaired) electrons. The molecule has 0 spiro atoms. The summed E-state index contributed by atoms with van der Waals surface area (Å²) in [5.41, 5.74) is 9.32. The fourth-order valence-corrected chi connectivity index (χ4v) is 1.84. The molecule has 0 aliphatic heterocycles. The van der Waals surface area contributed by atoms with E-state index in [1.54, 1.807) is 0 Å². The molecule has 0 saturated carbocycles. The zero-order valence-corrected chi connectivity index (χ0v) is 12.5. The Bertz CT molecular complexity index is 490. The van der Waals surface area contributed by atoms with Gasteiger partial charge in [0.2, 0.25) is 0 Å². The minimum atomic E-state index is -0.498. The third-order valence-electron chi connectivity index (χ3n) is 2.64. The van der Waals surface area contributed by atoms with Crippen LogP contribution in [0.3, 0.4) is 0 Å². The Kier molecular flexibility index (Phi) is 6.84. The first-order chi connectivity index (χ1) is 9.93. The smallest absolute Gasteiger partial charge is 0.337 e. The van der Waals surface area contributed by atoms with E-state index in [9.17, 15) is 9.59 Å². The average molecular weight is 294 g/mol. The van der Waals surface area contributed by atoms with E-state index in [0.29, 0.717) is 5.75 Å². The number of hydrogen-bond donors (Lipinski definition) is 0. The number of nitrogens with one attached hydrogen (secondary N) is 1. The zero-order chi connectivity index (χ0) is 15.8. The lowest BCUT2D eigenvalue weighted by atomic mass is 10.1. The van der Waals surface area contributed by atoms with Crippen molar-refractivity contribution in [2.75, 3.05) is 19.8 Å². The van der Waals surface area contributed by atoms with E-state index in [2.05, 4.69) is 0 Å².